The van der Waals surface area contributed by atoms with Gasteiger partial charge in [0.1, 0.15) is 0 Å². The molecular formula is C15H20ClN3O. The normalized spacial score (nSPS) is 26.3. The standard InChI is InChI=1S/C15H20ClN3O/c1-10-8-12(16)11(9-17-10)15(20)18-13-5-7-19-6-3-2-4-14(13)19/h8-9,13-14H,2-7H2,1H3,(H,18,20). The molecule has 3 rings (SSSR count). The Hall–Kier alpha value is -1.13. The molecule has 0 radical (unpaired) electrons. The van der Waals surface area contributed by atoms with E-state index >= 15 is 0 Å². The quantitative estimate of drug-likeness (QED) is 0.911. The summed E-state index contributed by atoms with van der Waals surface area (Å²) < 4.78 is 0. The maximum atomic E-state index is 12.4. The van der Waals surface area contributed by atoms with Gasteiger partial charge in [-0.25, -0.2) is 0 Å². The molecule has 4 nitrogen and oxygen atoms in total. The second-order valence-electron chi connectivity index (χ2n) is 5.77. The summed E-state index contributed by atoms with van der Waals surface area (Å²) in [4.78, 5) is 19.0. The molecule has 5 heteroatoms. The highest BCUT2D eigenvalue weighted by atomic mass is 35.5. The molecule has 2 unspecified atom stereocenters. The van der Waals surface area contributed by atoms with Crippen LogP contribution in [0.25, 0.3) is 0 Å². The number of hydrogen-bond donors (Lipinski definition) is 1. The summed E-state index contributed by atoms with van der Waals surface area (Å²) >= 11 is 6.14. The van der Waals surface area contributed by atoms with Crippen LogP contribution in [0, 0.1) is 6.92 Å². The van der Waals surface area contributed by atoms with E-state index in [4.69, 9.17) is 11.6 Å². The number of halogens is 1. The van der Waals surface area contributed by atoms with Gasteiger partial charge in [0.05, 0.1) is 10.6 Å². The fourth-order valence-electron chi connectivity index (χ4n) is 3.36. The molecule has 2 fully saturated rings. The minimum Gasteiger partial charge on any atom is -0.348 e. The second kappa shape index (κ2) is 5.70. The topological polar surface area (TPSA) is 45.2 Å². The Balaban J connectivity index is 1.69. The molecule has 2 saturated heterocycles. The highest BCUT2D eigenvalue weighted by Crippen LogP contribution is 2.27. The summed E-state index contributed by atoms with van der Waals surface area (Å²) in [5, 5.41) is 3.63. The lowest BCUT2D eigenvalue weighted by molar-refractivity contribution is 0.0915. The van der Waals surface area contributed by atoms with Crippen molar-refractivity contribution in [2.24, 2.45) is 0 Å². The first kappa shape index (κ1) is 13.8. The first-order chi connectivity index (χ1) is 9.65. The average molecular weight is 294 g/mol. The average Bonchev–Trinajstić information content (AvgIpc) is 2.82. The fourth-order valence-corrected chi connectivity index (χ4v) is 3.65. The van der Waals surface area contributed by atoms with E-state index in [0.29, 0.717) is 16.6 Å². The maximum absolute atomic E-state index is 12.4. The van der Waals surface area contributed by atoms with E-state index in [1.165, 1.54) is 25.8 Å². The van der Waals surface area contributed by atoms with Gasteiger partial charge in [0, 0.05) is 30.5 Å². The summed E-state index contributed by atoms with van der Waals surface area (Å²) in [5.41, 5.74) is 1.30. The van der Waals surface area contributed by atoms with Gasteiger partial charge < -0.3 is 5.32 Å². The number of fused-ring (bicyclic) bond motifs is 1. The molecule has 1 amide bonds. The van der Waals surface area contributed by atoms with Gasteiger partial charge in [-0.2, -0.15) is 0 Å². The van der Waals surface area contributed by atoms with Crippen LogP contribution >= 0.6 is 11.6 Å². The predicted octanol–water partition coefficient (Wildman–Crippen LogP) is 2.40. The number of aromatic nitrogens is 1. The molecular weight excluding hydrogens is 274 g/mol. The molecule has 0 bridgehead atoms. The van der Waals surface area contributed by atoms with E-state index in [9.17, 15) is 4.79 Å². The maximum Gasteiger partial charge on any atom is 0.254 e. The number of hydrogen-bond acceptors (Lipinski definition) is 3. The van der Waals surface area contributed by atoms with E-state index < -0.39 is 0 Å². The Morgan fingerprint density at radius 3 is 3.05 bits per heavy atom. The zero-order chi connectivity index (χ0) is 14.1. The molecule has 2 atom stereocenters. The SMILES string of the molecule is Cc1cc(Cl)c(C(=O)NC2CCN3CCCCC23)cn1. The molecule has 0 spiro atoms. The molecule has 1 aromatic rings. The van der Waals surface area contributed by atoms with E-state index in [2.05, 4.69) is 15.2 Å². The Morgan fingerprint density at radius 2 is 2.25 bits per heavy atom. The Morgan fingerprint density at radius 1 is 1.40 bits per heavy atom. The molecule has 1 aromatic heterocycles. The van der Waals surface area contributed by atoms with Gasteiger partial charge in [-0.1, -0.05) is 18.0 Å². The number of amides is 1. The molecule has 2 aliphatic rings. The van der Waals surface area contributed by atoms with Crippen molar-refractivity contribution in [2.75, 3.05) is 13.1 Å². The van der Waals surface area contributed by atoms with Crippen molar-refractivity contribution < 1.29 is 4.79 Å². The zero-order valence-electron chi connectivity index (χ0n) is 11.7. The van der Waals surface area contributed by atoms with E-state index in [1.54, 1.807) is 12.3 Å². The van der Waals surface area contributed by atoms with Crippen LogP contribution in [-0.4, -0.2) is 41.0 Å². The number of carbonyl (C=O) groups excluding carboxylic acids is 1. The molecule has 3 heterocycles. The number of pyridine rings is 1. The highest BCUT2D eigenvalue weighted by molar-refractivity contribution is 6.33. The van der Waals surface area contributed by atoms with Crippen LogP contribution < -0.4 is 5.32 Å². The first-order valence-corrected chi connectivity index (χ1v) is 7.70. The van der Waals surface area contributed by atoms with Gasteiger partial charge in [-0.3, -0.25) is 14.7 Å². The number of rotatable bonds is 2. The van der Waals surface area contributed by atoms with Gasteiger partial charge in [-0.05, 0) is 38.8 Å². The summed E-state index contributed by atoms with van der Waals surface area (Å²) in [7, 11) is 0. The van der Waals surface area contributed by atoms with Crippen LogP contribution in [0.3, 0.4) is 0 Å². The van der Waals surface area contributed by atoms with Crippen LogP contribution in [0.1, 0.15) is 41.7 Å². The van der Waals surface area contributed by atoms with Crippen LogP contribution in [0.4, 0.5) is 0 Å². The molecule has 108 valence electrons. The summed E-state index contributed by atoms with van der Waals surface area (Å²) in [6.07, 6.45) is 6.34. The second-order valence-corrected chi connectivity index (χ2v) is 6.18. The van der Waals surface area contributed by atoms with Crippen molar-refractivity contribution in [1.29, 1.82) is 0 Å². The van der Waals surface area contributed by atoms with Crippen LogP contribution in [0.5, 0.6) is 0 Å². The number of carbonyl (C=O) groups is 1. The van der Waals surface area contributed by atoms with Crippen molar-refractivity contribution in [3.05, 3.63) is 28.5 Å². The third-order valence-corrected chi connectivity index (χ3v) is 4.72. The minimum atomic E-state index is -0.0973. The summed E-state index contributed by atoms with van der Waals surface area (Å²) in [6, 6.07) is 2.49. The Labute approximate surface area is 124 Å². The van der Waals surface area contributed by atoms with Gasteiger partial charge in [0.2, 0.25) is 0 Å². The smallest absolute Gasteiger partial charge is 0.254 e. The summed E-state index contributed by atoms with van der Waals surface area (Å²) in [5.74, 6) is -0.0973. The third-order valence-electron chi connectivity index (χ3n) is 4.41. The van der Waals surface area contributed by atoms with Crippen molar-refractivity contribution in [2.45, 2.75) is 44.7 Å². The highest BCUT2D eigenvalue weighted by Gasteiger charge is 2.36. The van der Waals surface area contributed by atoms with Gasteiger partial charge in [-0.15, -0.1) is 0 Å². The van der Waals surface area contributed by atoms with Crippen LogP contribution in [0.2, 0.25) is 5.02 Å². The lowest BCUT2D eigenvalue weighted by Gasteiger charge is -2.32. The van der Waals surface area contributed by atoms with Crippen LogP contribution in [-0.2, 0) is 0 Å². The van der Waals surface area contributed by atoms with E-state index in [1.807, 2.05) is 6.92 Å². The van der Waals surface area contributed by atoms with Crippen LogP contribution in [0.15, 0.2) is 12.3 Å². The predicted molar refractivity (Wildman–Crippen MR) is 79.1 cm³/mol. The molecule has 0 aromatic carbocycles. The first-order valence-electron chi connectivity index (χ1n) is 7.32. The third kappa shape index (κ3) is 2.67. The van der Waals surface area contributed by atoms with E-state index in [-0.39, 0.29) is 11.9 Å². The fraction of sp³-hybridized carbons (Fsp3) is 0.600. The Kier molecular flexibility index (Phi) is 3.94. The number of nitrogens with one attached hydrogen (secondary N) is 1. The number of aryl methyl sites for hydroxylation is 1. The van der Waals surface area contributed by atoms with E-state index in [0.717, 1.165) is 18.7 Å². The van der Waals surface area contributed by atoms with Gasteiger partial charge in [0.15, 0.2) is 0 Å². The Bertz CT molecular complexity index is 520. The number of nitrogens with zero attached hydrogens (tertiary/aromatic N) is 2. The lowest BCUT2D eigenvalue weighted by Crippen LogP contribution is -2.46. The zero-order valence-corrected chi connectivity index (χ0v) is 12.5. The van der Waals surface area contributed by atoms with Crippen molar-refractivity contribution in [3.63, 3.8) is 0 Å². The van der Waals surface area contributed by atoms with Gasteiger partial charge in [0.25, 0.3) is 5.91 Å². The van der Waals surface area contributed by atoms with Crippen molar-refractivity contribution in [3.8, 4) is 0 Å². The summed E-state index contributed by atoms with van der Waals surface area (Å²) in [6.45, 7) is 4.13. The minimum absolute atomic E-state index is 0.0973. The van der Waals surface area contributed by atoms with Crippen molar-refractivity contribution >= 4 is 17.5 Å². The molecule has 2 aliphatic heterocycles. The molecule has 20 heavy (non-hydrogen) atoms. The molecule has 1 N–H and O–H groups in total. The van der Waals surface area contributed by atoms with Gasteiger partial charge >= 0.3 is 0 Å². The molecule has 0 saturated carbocycles. The van der Waals surface area contributed by atoms with Crippen molar-refractivity contribution in [1.82, 2.24) is 15.2 Å². The lowest BCUT2D eigenvalue weighted by atomic mass is 9.99. The molecule has 0 aliphatic carbocycles. The monoisotopic (exact) mass is 293 g/mol. The number of piperidine rings is 1. The largest absolute Gasteiger partial charge is 0.348 e.